The van der Waals surface area contributed by atoms with Crippen LogP contribution in [0.25, 0.3) is 0 Å². The van der Waals surface area contributed by atoms with Crippen LogP contribution in [0.2, 0.25) is 0 Å². The van der Waals surface area contributed by atoms with Crippen LogP contribution < -0.4 is 0 Å². The van der Waals surface area contributed by atoms with Crippen molar-refractivity contribution < 1.29 is 0 Å². The third-order valence-corrected chi connectivity index (χ3v) is 2.97. The fraction of sp³-hybridized carbons (Fsp3) is 0.818. The van der Waals surface area contributed by atoms with Gasteiger partial charge in [0.2, 0.25) is 0 Å². The molecule has 0 unspecified atom stereocenters. The summed E-state index contributed by atoms with van der Waals surface area (Å²) in [6.45, 7) is 6.95. The average Bonchev–Trinajstić information content (AvgIpc) is 2.10. The number of hydrogen-bond donors (Lipinski definition) is 0. The zero-order chi connectivity index (χ0) is 8.32. The molecule has 0 heteroatoms. The summed E-state index contributed by atoms with van der Waals surface area (Å²) in [5.74, 6) is 0. The molecule has 0 bridgehead atoms. The Labute approximate surface area is 70.7 Å². The fourth-order valence-corrected chi connectivity index (χ4v) is 2.09. The zero-order valence-corrected chi connectivity index (χ0v) is 8.11. The van der Waals surface area contributed by atoms with E-state index in [1.807, 2.05) is 0 Å². The molecule has 0 aliphatic heterocycles. The monoisotopic (exact) mass is 152 g/mol. The highest BCUT2D eigenvalue weighted by Gasteiger charge is 2.23. The topological polar surface area (TPSA) is 0 Å². The third-order valence-electron chi connectivity index (χ3n) is 2.97. The first kappa shape index (κ1) is 8.83. The van der Waals surface area contributed by atoms with Gasteiger partial charge in [-0.1, -0.05) is 38.3 Å². The Morgan fingerprint density at radius 3 is 2.55 bits per heavy atom. The summed E-state index contributed by atoms with van der Waals surface area (Å²) in [7, 11) is 0. The Kier molecular flexibility index (Phi) is 2.75. The molecule has 0 aromatic rings. The maximum atomic E-state index is 2.38. The lowest BCUT2D eigenvalue weighted by molar-refractivity contribution is 0.402. The molecule has 0 N–H and O–H groups in total. The Morgan fingerprint density at radius 2 is 1.91 bits per heavy atom. The molecule has 1 rings (SSSR count). The van der Waals surface area contributed by atoms with E-state index in [1.165, 1.54) is 32.1 Å². The molecule has 0 nitrogen and oxygen atoms in total. The Balaban J connectivity index is 2.72. The molecule has 1 aliphatic carbocycles. The Hall–Kier alpha value is -0.260. The van der Waals surface area contributed by atoms with Gasteiger partial charge < -0.3 is 0 Å². The minimum absolute atomic E-state index is 0.491. The summed E-state index contributed by atoms with van der Waals surface area (Å²) in [4.78, 5) is 0. The number of allylic oxidation sites excluding steroid dienone is 2. The van der Waals surface area contributed by atoms with Gasteiger partial charge in [-0.05, 0) is 31.6 Å². The van der Waals surface area contributed by atoms with Gasteiger partial charge in [0.05, 0.1) is 0 Å². The first-order valence-corrected chi connectivity index (χ1v) is 4.82. The van der Waals surface area contributed by atoms with E-state index in [1.54, 1.807) is 5.57 Å². The predicted molar refractivity (Wildman–Crippen MR) is 50.6 cm³/mol. The van der Waals surface area contributed by atoms with E-state index in [-0.39, 0.29) is 0 Å². The SMILES string of the molecule is C/C=C1\CCCCCC1(C)C. The van der Waals surface area contributed by atoms with Gasteiger partial charge in [-0.3, -0.25) is 0 Å². The lowest BCUT2D eigenvalue weighted by atomic mass is 9.80. The molecule has 0 saturated heterocycles. The molecule has 0 amide bonds. The molecule has 1 aliphatic rings. The second kappa shape index (κ2) is 3.42. The van der Waals surface area contributed by atoms with Crippen LogP contribution in [0.4, 0.5) is 0 Å². The fourth-order valence-electron chi connectivity index (χ4n) is 2.09. The Morgan fingerprint density at radius 1 is 1.18 bits per heavy atom. The van der Waals surface area contributed by atoms with Crippen molar-refractivity contribution in [3.05, 3.63) is 11.6 Å². The summed E-state index contributed by atoms with van der Waals surface area (Å²) in [5, 5.41) is 0. The highest BCUT2D eigenvalue weighted by Crippen LogP contribution is 2.38. The quantitative estimate of drug-likeness (QED) is 0.364. The Bertz CT molecular complexity index is 151. The largest absolute Gasteiger partial charge is 0.0879 e. The second-order valence-electron chi connectivity index (χ2n) is 4.26. The molecule has 0 aromatic heterocycles. The van der Waals surface area contributed by atoms with E-state index in [4.69, 9.17) is 0 Å². The summed E-state index contributed by atoms with van der Waals surface area (Å²) in [6, 6.07) is 0. The minimum Gasteiger partial charge on any atom is -0.0879 e. The minimum atomic E-state index is 0.491. The first-order chi connectivity index (χ1) is 5.17. The van der Waals surface area contributed by atoms with Crippen molar-refractivity contribution in [2.75, 3.05) is 0 Å². The van der Waals surface area contributed by atoms with Crippen molar-refractivity contribution in [3.8, 4) is 0 Å². The van der Waals surface area contributed by atoms with Gasteiger partial charge in [0, 0.05) is 0 Å². The number of hydrogen-bond acceptors (Lipinski definition) is 0. The van der Waals surface area contributed by atoms with E-state index in [0.29, 0.717) is 5.41 Å². The second-order valence-corrected chi connectivity index (χ2v) is 4.26. The molecule has 0 spiro atoms. The van der Waals surface area contributed by atoms with Gasteiger partial charge in [0.1, 0.15) is 0 Å². The van der Waals surface area contributed by atoms with E-state index < -0.39 is 0 Å². The van der Waals surface area contributed by atoms with Crippen molar-refractivity contribution >= 4 is 0 Å². The lowest BCUT2D eigenvalue weighted by Gasteiger charge is -2.25. The van der Waals surface area contributed by atoms with E-state index in [0.717, 1.165) is 0 Å². The molecular weight excluding hydrogens is 132 g/mol. The standard InChI is InChI=1S/C11H20/c1-4-10-8-6-5-7-9-11(10,2)3/h4H,5-9H2,1-3H3/b10-4+. The summed E-state index contributed by atoms with van der Waals surface area (Å²) in [5.41, 5.74) is 2.17. The average molecular weight is 152 g/mol. The van der Waals surface area contributed by atoms with E-state index in [9.17, 15) is 0 Å². The maximum absolute atomic E-state index is 2.38. The smallest absolute Gasteiger partial charge is 0.0145 e. The van der Waals surface area contributed by atoms with Crippen molar-refractivity contribution in [2.45, 2.75) is 52.9 Å². The molecule has 1 saturated carbocycles. The van der Waals surface area contributed by atoms with Crippen molar-refractivity contribution in [2.24, 2.45) is 5.41 Å². The first-order valence-electron chi connectivity index (χ1n) is 4.82. The van der Waals surface area contributed by atoms with Gasteiger partial charge in [-0.2, -0.15) is 0 Å². The van der Waals surface area contributed by atoms with Crippen LogP contribution in [0.15, 0.2) is 11.6 Å². The van der Waals surface area contributed by atoms with Gasteiger partial charge in [0.15, 0.2) is 0 Å². The molecular formula is C11H20. The lowest BCUT2D eigenvalue weighted by Crippen LogP contribution is -2.12. The highest BCUT2D eigenvalue weighted by molar-refractivity contribution is 5.11. The van der Waals surface area contributed by atoms with Crippen LogP contribution in [-0.2, 0) is 0 Å². The maximum Gasteiger partial charge on any atom is -0.0145 e. The van der Waals surface area contributed by atoms with Gasteiger partial charge in [-0.15, -0.1) is 0 Å². The molecule has 11 heavy (non-hydrogen) atoms. The van der Waals surface area contributed by atoms with Crippen LogP contribution in [0, 0.1) is 5.41 Å². The highest BCUT2D eigenvalue weighted by atomic mass is 14.3. The van der Waals surface area contributed by atoms with Crippen LogP contribution in [0.5, 0.6) is 0 Å². The number of rotatable bonds is 0. The molecule has 0 heterocycles. The molecule has 0 radical (unpaired) electrons. The normalized spacial score (nSPS) is 28.5. The summed E-state index contributed by atoms with van der Waals surface area (Å²) < 4.78 is 0. The van der Waals surface area contributed by atoms with Crippen LogP contribution in [-0.4, -0.2) is 0 Å². The van der Waals surface area contributed by atoms with Crippen molar-refractivity contribution in [1.82, 2.24) is 0 Å². The molecule has 0 atom stereocenters. The van der Waals surface area contributed by atoms with E-state index >= 15 is 0 Å². The predicted octanol–water partition coefficient (Wildman–Crippen LogP) is 3.92. The molecule has 0 aromatic carbocycles. The van der Waals surface area contributed by atoms with Crippen LogP contribution >= 0.6 is 0 Å². The van der Waals surface area contributed by atoms with E-state index in [2.05, 4.69) is 26.8 Å². The summed E-state index contributed by atoms with van der Waals surface area (Å²) >= 11 is 0. The van der Waals surface area contributed by atoms with Crippen molar-refractivity contribution in [3.63, 3.8) is 0 Å². The zero-order valence-electron chi connectivity index (χ0n) is 8.11. The molecule has 1 fully saturated rings. The summed E-state index contributed by atoms with van der Waals surface area (Å²) in [6.07, 6.45) is 9.30. The third kappa shape index (κ3) is 2.08. The van der Waals surface area contributed by atoms with Gasteiger partial charge in [0.25, 0.3) is 0 Å². The van der Waals surface area contributed by atoms with Gasteiger partial charge >= 0.3 is 0 Å². The van der Waals surface area contributed by atoms with Crippen LogP contribution in [0.3, 0.4) is 0 Å². The van der Waals surface area contributed by atoms with Crippen molar-refractivity contribution in [1.29, 1.82) is 0 Å². The van der Waals surface area contributed by atoms with Gasteiger partial charge in [-0.25, -0.2) is 0 Å². The molecule has 64 valence electrons. The van der Waals surface area contributed by atoms with Crippen LogP contribution in [0.1, 0.15) is 52.9 Å².